The third-order valence-corrected chi connectivity index (χ3v) is 5.58. The van der Waals surface area contributed by atoms with Crippen molar-refractivity contribution >= 4 is 17.1 Å². The second-order valence-corrected chi connectivity index (χ2v) is 7.47. The van der Waals surface area contributed by atoms with Gasteiger partial charge >= 0.3 is 5.69 Å². The second kappa shape index (κ2) is 7.84. The van der Waals surface area contributed by atoms with Crippen LogP contribution in [-0.4, -0.2) is 56.1 Å². The van der Waals surface area contributed by atoms with Crippen LogP contribution in [0.3, 0.4) is 0 Å². The molecule has 1 aliphatic heterocycles. The Balaban J connectivity index is 1.90. The van der Waals surface area contributed by atoms with E-state index in [1.807, 2.05) is 34.9 Å². The number of hydrogen-bond acceptors (Lipinski definition) is 6. The fourth-order valence-electron chi connectivity index (χ4n) is 3.88. The minimum atomic E-state index is -0.392. The molecule has 2 N–H and O–H groups in total. The molecular formula is C20H26N6O3. The molecule has 29 heavy (non-hydrogen) atoms. The highest BCUT2D eigenvalue weighted by Gasteiger charge is 2.25. The van der Waals surface area contributed by atoms with Crippen molar-refractivity contribution in [3.63, 3.8) is 0 Å². The molecule has 1 aliphatic rings. The zero-order chi connectivity index (χ0) is 20.5. The summed E-state index contributed by atoms with van der Waals surface area (Å²) in [6, 6.07) is 9.94. The minimum Gasteiger partial charge on any atom is -0.395 e. The molecule has 1 fully saturated rings. The van der Waals surface area contributed by atoms with E-state index in [-0.39, 0.29) is 18.2 Å². The van der Waals surface area contributed by atoms with Crippen LogP contribution in [0.5, 0.6) is 0 Å². The van der Waals surface area contributed by atoms with Gasteiger partial charge in [-0.25, -0.2) is 4.79 Å². The molecule has 3 aromatic rings. The van der Waals surface area contributed by atoms with Crippen molar-refractivity contribution in [2.24, 2.45) is 14.1 Å². The van der Waals surface area contributed by atoms with E-state index in [0.717, 1.165) is 16.6 Å². The van der Waals surface area contributed by atoms with Crippen molar-refractivity contribution in [2.75, 3.05) is 31.1 Å². The summed E-state index contributed by atoms with van der Waals surface area (Å²) in [4.78, 5) is 32.3. The predicted octanol–water partition coefficient (Wildman–Crippen LogP) is -0.357. The van der Waals surface area contributed by atoms with E-state index in [1.54, 1.807) is 7.05 Å². The number of aryl methyl sites for hydroxylation is 1. The quantitative estimate of drug-likeness (QED) is 0.623. The highest BCUT2D eigenvalue weighted by molar-refractivity contribution is 5.74. The molecule has 1 saturated heterocycles. The monoisotopic (exact) mass is 398 g/mol. The number of aromatic nitrogens is 4. The van der Waals surface area contributed by atoms with Crippen molar-refractivity contribution in [3.05, 3.63) is 56.7 Å². The SMILES string of the molecule is Cn1c(=O)c2c(nc(N3CCNC(CO)CC3)n2Cc2ccccc2)n(C)c1=O. The number of benzene rings is 1. The van der Waals surface area contributed by atoms with Crippen LogP contribution in [-0.2, 0) is 20.6 Å². The lowest BCUT2D eigenvalue weighted by Crippen LogP contribution is -2.37. The Morgan fingerprint density at radius 1 is 1.14 bits per heavy atom. The van der Waals surface area contributed by atoms with Gasteiger partial charge in [-0.3, -0.25) is 18.5 Å². The van der Waals surface area contributed by atoms with Gasteiger partial charge in [0.2, 0.25) is 5.95 Å². The number of anilines is 1. The predicted molar refractivity (Wildman–Crippen MR) is 111 cm³/mol. The first-order valence-electron chi connectivity index (χ1n) is 9.80. The molecule has 0 aliphatic carbocycles. The number of imidazole rings is 1. The van der Waals surface area contributed by atoms with E-state index < -0.39 is 5.69 Å². The van der Waals surface area contributed by atoms with E-state index in [0.29, 0.717) is 43.3 Å². The number of nitrogens with zero attached hydrogens (tertiary/aromatic N) is 5. The Morgan fingerprint density at radius 2 is 1.90 bits per heavy atom. The van der Waals surface area contributed by atoms with Gasteiger partial charge in [-0.05, 0) is 12.0 Å². The van der Waals surface area contributed by atoms with E-state index in [2.05, 4.69) is 10.2 Å². The first-order chi connectivity index (χ1) is 14.0. The number of aliphatic hydroxyl groups is 1. The Labute approximate surface area is 167 Å². The minimum absolute atomic E-state index is 0.0455. The Morgan fingerprint density at radius 3 is 2.62 bits per heavy atom. The second-order valence-electron chi connectivity index (χ2n) is 7.47. The van der Waals surface area contributed by atoms with Crippen LogP contribution in [0.4, 0.5) is 5.95 Å². The van der Waals surface area contributed by atoms with Crippen LogP contribution >= 0.6 is 0 Å². The Kier molecular flexibility index (Phi) is 5.25. The number of aliphatic hydroxyl groups excluding tert-OH is 1. The highest BCUT2D eigenvalue weighted by Crippen LogP contribution is 2.22. The highest BCUT2D eigenvalue weighted by atomic mass is 16.3. The fourth-order valence-corrected chi connectivity index (χ4v) is 3.88. The van der Waals surface area contributed by atoms with Gasteiger partial charge in [0, 0.05) is 39.8 Å². The third-order valence-electron chi connectivity index (χ3n) is 5.58. The van der Waals surface area contributed by atoms with E-state index in [1.165, 1.54) is 11.6 Å². The number of nitrogens with one attached hydrogen (secondary N) is 1. The van der Waals surface area contributed by atoms with Crippen LogP contribution in [0.2, 0.25) is 0 Å². The van der Waals surface area contributed by atoms with Crippen LogP contribution in [0, 0.1) is 0 Å². The average Bonchev–Trinajstić information content (AvgIpc) is 2.94. The summed E-state index contributed by atoms with van der Waals surface area (Å²) >= 11 is 0. The third kappa shape index (κ3) is 3.47. The molecule has 0 bridgehead atoms. The summed E-state index contributed by atoms with van der Waals surface area (Å²) in [6.45, 7) is 2.67. The zero-order valence-electron chi connectivity index (χ0n) is 16.7. The van der Waals surface area contributed by atoms with Gasteiger partial charge in [0.05, 0.1) is 13.2 Å². The molecule has 4 rings (SSSR count). The van der Waals surface area contributed by atoms with Crippen LogP contribution < -0.4 is 21.5 Å². The number of fused-ring (bicyclic) bond motifs is 1. The number of hydrogen-bond donors (Lipinski definition) is 2. The molecule has 154 valence electrons. The van der Waals surface area contributed by atoms with Gasteiger partial charge < -0.3 is 15.3 Å². The van der Waals surface area contributed by atoms with E-state index in [4.69, 9.17) is 4.98 Å². The maximum atomic E-state index is 13.0. The normalized spacial score (nSPS) is 17.6. The molecule has 1 atom stereocenters. The molecule has 3 heterocycles. The van der Waals surface area contributed by atoms with Gasteiger partial charge in [-0.15, -0.1) is 0 Å². The van der Waals surface area contributed by atoms with Crippen molar-refractivity contribution < 1.29 is 5.11 Å². The van der Waals surface area contributed by atoms with Crippen LogP contribution in [0.15, 0.2) is 39.9 Å². The molecular weight excluding hydrogens is 372 g/mol. The largest absolute Gasteiger partial charge is 0.395 e. The number of rotatable bonds is 4. The van der Waals surface area contributed by atoms with E-state index >= 15 is 0 Å². The summed E-state index contributed by atoms with van der Waals surface area (Å²) in [5.74, 6) is 0.669. The zero-order valence-corrected chi connectivity index (χ0v) is 16.7. The van der Waals surface area contributed by atoms with Gasteiger partial charge in [-0.1, -0.05) is 30.3 Å². The summed E-state index contributed by atoms with van der Waals surface area (Å²) in [5, 5.41) is 12.8. The van der Waals surface area contributed by atoms with Crippen molar-refractivity contribution in [2.45, 2.75) is 19.0 Å². The summed E-state index contributed by atoms with van der Waals surface area (Å²) < 4.78 is 4.46. The lowest BCUT2D eigenvalue weighted by Gasteiger charge is -2.22. The summed E-state index contributed by atoms with van der Waals surface area (Å²) in [5.41, 5.74) is 1.12. The summed E-state index contributed by atoms with van der Waals surface area (Å²) in [7, 11) is 3.13. The fraction of sp³-hybridized carbons (Fsp3) is 0.450. The van der Waals surface area contributed by atoms with Gasteiger partial charge in [0.25, 0.3) is 5.56 Å². The maximum Gasteiger partial charge on any atom is 0.332 e. The molecule has 1 aromatic carbocycles. The van der Waals surface area contributed by atoms with Crippen molar-refractivity contribution in [1.82, 2.24) is 24.0 Å². The molecule has 9 nitrogen and oxygen atoms in total. The van der Waals surface area contributed by atoms with Gasteiger partial charge in [0.15, 0.2) is 11.2 Å². The average molecular weight is 398 g/mol. The lowest BCUT2D eigenvalue weighted by molar-refractivity contribution is 0.242. The lowest BCUT2D eigenvalue weighted by atomic mass is 10.2. The molecule has 9 heteroatoms. The van der Waals surface area contributed by atoms with E-state index in [9.17, 15) is 14.7 Å². The first kappa shape index (κ1) is 19.4. The maximum absolute atomic E-state index is 13.0. The van der Waals surface area contributed by atoms with Crippen molar-refractivity contribution in [3.8, 4) is 0 Å². The molecule has 0 amide bonds. The van der Waals surface area contributed by atoms with Crippen LogP contribution in [0.1, 0.15) is 12.0 Å². The standard InChI is InChI=1S/C20H26N6O3/c1-23-17-16(18(28)24(2)20(23)29)26(12-14-6-4-3-5-7-14)19(22-17)25-10-8-15(13-27)21-9-11-25/h3-7,15,21,27H,8-13H2,1-2H3. The summed E-state index contributed by atoms with van der Waals surface area (Å²) in [6.07, 6.45) is 0.766. The molecule has 0 radical (unpaired) electrons. The Bertz CT molecular complexity index is 1130. The molecule has 0 saturated carbocycles. The smallest absolute Gasteiger partial charge is 0.332 e. The first-order valence-corrected chi connectivity index (χ1v) is 9.80. The molecule has 1 unspecified atom stereocenters. The van der Waals surface area contributed by atoms with Crippen LogP contribution in [0.25, 0.3) is 11.2 Å². The topological polar surface area (TPSA) is 97.3 Å². The Hall–Kier alpha value is -2.91. The molecule has 0 spiro atoms. The van der Waals surface area contributed by atoms with Gasteiger partial charge in [0.1, 0.15) is 0 Å². The van der Waals surface area contributed by atoms with Gasteiger partial charge in [-0.2, -0.15) is 4.98 Å². The van der Waals surface area contributed by atoms with Crippen molar-refractivity contribution in [1.29, 1.82) is 0 Å². The molecule has 2 aromatic heterocycles.